The molecule has 1 saturated carbocycles. The van der Waals surface area contributed by atoms with Gasteiger partial charge in [-0.25, -0.2) is 13.6 Å². The summed E-state index contributed by atoms with van der Waals surface area (Å²) in [5.74, 6) is -2.39. The number of nitrogens with zero attached hydrogens (tertiary/aromatic N) is 1. The average molecular weight is 323 g/mol. The smallest absolute Gasteiger partial charge is 0.317 e. The Bertz CT molecular complexity index is 611. The van der Waals surface area contributed by atoms with Crippen LogP contribution in [0.3, 0.4) is 0 Å². The number of nitrogens with one attached hydrogen (secondary N) is 2. The van der Waals surface area contributed by atoms with Crippen LogP contribution in [0.4, 0.5) is 19.3 Å². The van der Waals surface area contributed by atoms with E-state index in [1.54, 1.807) is 4.90 Å². The Morgan fingerprint density at radius 3 is 2.35 bits per heavy atom. The van der Waals surface area contributed by atoms with Crippen molar-refractivity contribution in [3.63, 3.8) is 0 Å². The van der Waals surface area contributed by atoms with Gasteiger partial charge in [-0.15, -0.1) is 0 Å². The predicted molar refractivity (Wildman–Crippen MR) is 80.8 cm³/mol. The Hall–Kier alpha value is -2.18. The number of piperidine rings is 1. The fraction of sp³-hybridized carbons (Fsp3) is 0.500. The standard InChI is InChI=1S/C16H19F2N3O2/c17-13-4-3-12(9-14(13)18)19-15(22)10-5-7-21(8-6-10)16(23)20-11-1-2-11/h3-4,9-11H,1-2,5-8H2,(H,19,22)(H,20,23). The first-order valence-electron chi connectivity index (χ1n) is 7.84. The van der Waals surface area contributed by atoms with Crippen molar-refractivity contribution < 1.29 is 18.4 Å². The SMILES string of the molecule is O=C(Nc1ccc(F)c(F)c1)C1CCN(C(=O)NC2CC2)CC1. The van der Waals surface area contributed by atoms with Crippen molar-refractivity contribution in [1.82, 2.24) is 10.2 Å². The molecule has 2 N–H and O–H groups in total. The number of hydrogen-bond donors (Lipinski definition) is 2. The topological polar surface area (TPSA) is 61.4 Å². The van der Waals surface area contributed by atoms with Crippen molar-refractivity contribution in [3.8, 4) is 0 Å². The van der Waals surface area contributed by atoms with Gasteiger partial charge in [0.05, 0.1) is 0 Å². The summed E-state index contributed by atoms with van der Waals surface area (Å²) in [4.78, 5) is 25.8. The minimum atomic E-state index is -0.991. The fourth-order valence-corrected chi connectivity index (χ4v) is 2.66. The van der Waals surface area contributed by atoms with Gasteiger partial charge in [-0.2, -0.15) is 0 Å². The van der Waals surface area contributed by atoms with Gasteiger partial charge in [-0.05, 0) is 37.8 Å². The Balaban J connectivity index is 1.49. The lowest BCUT2D eigenvalue weighted by atomic mass is 9.96. The second kappa shape index (κ2) is 6.52. The van der Waals surface area contributed by atoms with E-state index in [0.29, 0.717) is 32.0 Å². The lowest BCUT2D eigenvalue weighted by molar-refractivity contribution is -0.121. The van der Waals surface area contributed by atoms with E-state index in [2.05, 4.69) is 10.6 Å². The fourth-order valence-electron chi connectivity index (χ4n) is 2.66. The molecule has 1 heterocycles. The highest BCUT2D eigenvalue weighted by Crippen LogP contribution is 2.22. The first kappa shape index (κ1) is 15.7. The van der Waals surface area contributed by atoms with Crippen molar-refractivity contribution >= 4 is 17.6 Å². The maximum absolute atomic E-state index is 13.1. The second-order valence-electron chi connectivity index (χ2n) is 6.10. The maximum Gasteiger partial charge on any atom is 0.317 e. The van der Waals surface area contributed by atoms with Gasteiger partial charge >= 0.3 is 6.03 Å². The van der Waals surface area contributed by atoms with Crippen molar-refractivity contribution in [2.24, 2.45) is 5.92 Å². The third-order valence-electron chi connectivity index (χ3n) is 4.25. The molecule has 0 bridgehead atoms. The van der Waals surface area contributed by atoms with Crippen LogP contribution in [0.2, 0.25) is 0 Å². The molecule has 124 valence electrons. The molecular weight excluding hydrogens is 304 g/mol. The molecule has 3 rings (SSSR count). The number of amides is 3. The Labute approximate surface area is 133 Å². The van der Waals surface area contributed by atoms with E-state index in [1.165, 1.54) is 6.07 Å². The van der Waals surface area contributed by atoms with Crippen LogP contribution in [-0.2, 0) is 4.79 Å². The summed E-state index contributed by atoms with van der Waals surface area (Å²) in [6, 6.07) is 3.53. The van der Waals surface area contributed by atoms with E-state index in [4.69, 9.17) is 0 Å². The molecule has 1 saturated heterocycles. The number of urea groups is 1. The zero-order chi connectivity index (χ0) is 16.4. The summed E-state index contributed by atoms with van der Waals surface area (Å²) in [5.41, 5.74) is 0.239. The number of rotatable bonds is 3. The first-order valence-corrected chi connectivity index (χ1v) is 7.84. The highest BCUT2D eigenvalue weighted by Gasteiger charge is 2.30. The van der Waals surface area contributed by atoms with Gasteiger partial charge in [0.25, 0.3) is 0 Å². The van der Waals surface area contributed by atoms with Crippen LogP contribution in [-0.4, -0.2) is 36.0 Å². The van der Waals surface area contributed by atoms with E-state index in [-0.39, 0.29) is 23.5 Å². The normalized spacial score (nSPS) is 18.6. The van der Waals surface area contributed by atoms with Crippen molar-refractivity contribution in [2.45, 2.75) is 31.7 Å². The van der Waals surface area contributed by atoms with E-state index >= 15 is 0 Å². The molecule has 1 aromatic carbocycles. The number of likely N-dealkylation sites (tertiary alicyclic amines) is 1. The quantitative estimate of drug-likeness (QED) is 0.898. The molecule has 3 amide bonds. The summed E-state index contributed by atoms with van der Waals surface area (Å²) < 4.78 is 26.0. The van der Waals surface area contributed by atoms with Crippen LogP contribution >= 0.6 is 0 Å². The third-order valence-corrected chi connectivity index (χ3v) is 4.25. The number of hydrogen-bond acceptors (Lipinski definition) is 2. The summed E-state index contributed by atoms with van der Waals surface area (Å²) in [6.45, 7) is 1.04. The number of halogens is 2. The molecule has 1 aromatic rings. The summed E-state index contributed by atoms with van der Waals surface area (Å²) in [7, 11) is 0. The number of benzene rings is 1. The largest absolute Gasteiger partial charge is 0.335 e. The molecule has 1 aliphatic carbocycles. The van der Waals surface area contributed by atoms with Gasteiger partial charge < -0.3 is 15.5 Å². The van der Waals surface area contributed by atoms with Crippen molar-refractivity contribution in [1.29, 1.82) is 0 Å². The lowest BCUT2D eigenvalue weighted by Crippen LogP contribution is -2.46. The zero-order valence-electron chi connectivity index (χ0n) is 12.6. The van der Waals surface area contributed by atoms with Gasteiger partial charge in [-0.3, -0.25) is 4.79 Å². The van der Waals surface area contributed by atoms with Crippen LogP contribution in [0.25, 0.3) is 0 Å². The molecule has 0 radical (unpaired) electrons. The van der Waals surface area contributed by atoms with E-state index in [9.17, 15) is 18.4 Å². The summed E-state index contributed by atoms with van der Waals surface area (Å²) in [5, 5.41) is 5.53. The minimum Gasteiger partial charge on any atom is -0.335 e. The molecule has 23 heavy (non-hydrogen) atoms. The van der Waals surface area contributed by atoms with Crippen LogP contribution in [0, 0.1) is 17.6 Å². The third kappa shape index (κ3) is 3.97. The molecule has 0 spiro atoms. The van der Waals surface area contributed by atoms with Gasteiger partial charge in [0.15, 0.2) is 11.6 Å². The molecule has 0 atom stereocenters. The van der Waals surface area contributed by atoms with Gasteiger partial charge in [0, 0.05) is 36.8 Å². The Morgan fingerprint density at radius 1 is 1.04 bits per heavy atom. The van der Waals surface area contributed by atoms with E-state index < -0.39 is 11.6 Å². The van der Waals surface area contributed by atoms with E-state index in [0.717, 1.165) is 25.0 Å². The second-order valence-corrected chi connectivity index (χ2v) is 6.10. The molecular formula is C16H19F2N3O2. The van der Waals surface area contributed by atoms with Crippen LogP contribution in [0.15, 0.2) is 18.2 Å². The Kier molecular flexibility index (Phi) is 4.45. The van der Waals surface area contributed by atoms with Crippen LogP contribution in [0.1, 0.15) is 25.7 Å². The molecule has 2 aliphatic rings. The summed E-state index contributed by atoms with van der Waals surface area (Å²) in [6.07, 6.45) is 3.21. The van der Waals surface area contributed by atoms with Crippen LogP contribution in [0.5, 0.6) is 0 Å². The van der Waals surface area contributed by atoms with Crippen LogP contribution < -0.4 is 10.6 Å². The molecule has 2 fully saturated rings. The monoisotopic (exact) mass is 323 g/mol. The summed E-state index contributed by atoms with van der Waals surface area (Å²) >= 11 is 0. The maximum atomic E-state index is 13.1. The molecule has 0 aromatic heterocycles. The average Bonchev–Trinajstić information content (AvgIpc) is 3.35. The first-order chi connectivity index (χ1) is 11.0. The zero-order valence-corrected chi connectivity index (χ0v) is 12.6. The van der Waals surface area contributed by atoms with Gasteiger partial charge in [-0.1, -0.05) is 0 Å². The molecule has 5 nitrogen and oxygen atoms in total. The molecule has 1 aliphatic heterocycles. The highest BCUT2D eigenvalue weighted by molar-refractivity contribution is 5.92. The highest BCUT2D eigenvalue weighted by atomic mass is 19.2. The van der Waals surface area contributed by atoms with Crippen molar-refractivity contribution in [2.75, 3.05) is 18.4 Å². The minimum absolute atomic E-state index is 0.0630. The molecule has 0 unspecified atom stereocenters. The van der Waals surface area contributed by atoms with Crippen molar-refractivity contribution in [3.05, 3.63) is 29.8 Å². The lowest BCUT2D eigenvalue weighted by Gasteiger charge is -2.31. The van der Waals surface area contributed by atoms with Gasteiger partial charge in [0.1, 0.15) is 0 Å². The Morgan fingerprint density at radius 2 is 1.74 bits per heavy atom. The number of carbonyl (C=O) groups excluding carboxylic acids is 2. The molecule has 7 heteroatoms. The van der Waals surface area contributed by atoms with E-state index in [1.807, 2.05) is 0 Å². The van der Waals surface area contributed by atoms with Gasteiger partial charge in [0.2, 0.25) is 5.91 Å². The number of anilines is 1. The number of carbonyl (C=O) groups is 2. The predicted octanol–water partition coefficient (Wildman–Crippen LogP) is 2.49.